The summed E-state index contributed by atoms with van der Waals surface area (Å²) < 4.78 is 76.6. The van der Waals surface area contributed by atoms with Crippen LogP contribution in [0.5, 0.6) is 23.0 Å². The van der Waals surface area contributed by atoms with Gasteiger partial charge in [0.2, 0.25) is 0 Å². The molecule has 6 aromatic rings. The molecule has 1 aliphatic carbocycles. The molecule has 0 saturated carbocycles. The van der Waals surface area contributed by atoms with Crippen LogP contribution in [-0.4, -0.2) is 87.8 Å². The monoisotopic (exact) mass is 1290 g/mol. The Bertz CT molecular complexity index is 3250. The van der Waals surface area contributed by atoms with Crippen LogP contribution in [0.4, 0.5) is 4.79 Å². The lowest BCUT2D eigenvalue weighted by atomic mass is 9.67. The van der Waals surface area contributed by atoms with E-state index < -0.39 is 79.6 Å². The first-order chi connectivity index (χ1) is 40.1. The number of carbonyl (C=O) groups excluding carboxylic acids is 1. The number of phenolic OH excluding ortho intramolecular Hbond substituents is 1. The molecule has 7 rings (SSSR count). The number of aryl methyl sites for hydroxylation is 4. The summed E-state index contributed by atoms with van der Waals surface area (Å²) in [6, 6.07) is 47.2. The van der Waals surface area contributed by atoms with Gasteiger partial charge in [-0.3, -0.25) is 0 Å². The third-order valence-corrected chi connectivity index (χ3v) is 46.0. The maximum absolute atomic E-state index is 14.2. The molecule has 0 radical (unpaired) electrons. The third-order valence-electron chi connectivity index (χ3n) is 15.0. The molecular weight excluding hydrogens is 1200 g/mol. The summed E-state index contributed by atoms with van der Waals surface area (Å²) in [4.78, 5) is 14.2. The van der Waals surface area contributed by atoms with E-state index in [1.807, 2.05) is 67.6 Å². The van der Waals surface area contributed by atoms with Crippen molar-refractivity contribution >= 4 is 74.2 Å². The average Bonchev–Trinajstić information content (AvgIpc) is 1.52. The number of benzene rings is 6. The number of hydrogen-bond acceptors (Lipinski definition) is 12. The molecule has 0 aliphatic heterocycles. The van der Waals surface area contributed by atoms with E-state index >= 15 is 0 Å². The molecular formula is C65H96O12Si8. The van der Waals surface area contributed by atoms with Crippen molar-refractivity contribution in [3.8, 4) is 34.1 Å². The van der Waals surface area contributed by atoms with Gasteiger partial charge in [0, 0.05) is 0 Å². The van der Waals surface area contributed by atoms with Crippen LogP contribution in [-0.2, 0) is 47.1 Å². The van der Waals surface area contributed by atoms with Crippen LogP contribution in [0.2, 0.25) is 116 Å². The second-order valence-corrected chi connectivity index (χ2v) is 57.5. The van der Waals surface area contributed by atoms with Gasteiger partial charge >= 0.3 is 57.5 Å². The standard InChI is InChI=1S/C65H96O12Si8/c1-20-45-83(17,73-80(11,12)71-78(5,6)7)74-81(13,14)76-85(19,47-29-33-52-31-21-27-39-60(52)66)77-82(15,16)75-84(18,72-79(8,9)10)46-30-34-53-32-22-28-40-61(53)69-64(67)70-63-49-55(44-42-51(63)3)65(54-43-41-50(2)62(48-54)68-4)58-37-25-23-35-56(58)57-36-24-26-38-59(57)65/h21-28,31-32,35-44,48-49,66H,20,29-30,33-34,45-47H2,1-19H3/i/hT. The van der Waals surface area contributed by atoms with Gasteiger partial charge in [0.1, 0.15) is 23.0 Å². The van der Waals surface area contributed by atoms with Gasteiger partial charge in [-0.1, -0.05) is 123 Å². The van der Waals surface area contributed by atoms with Crippen molar-refractivity contribution in [2.24, 2.45) is 0 Å². The van der Waals surface area contributed by atoms with Gasteiger partial charge in [-0.15, -0.1) is 0 Å². The molecule has 0 heterocycles. The maximum Gasteiger partial charge on any atom is 0.519 e. The Labute approximate surface area is 519 Å². The van der Waals surface area contributed by atoms with Crippen molar-refractivity contribution < 1.29 is 52.9 Å². The van der Waals surface area contributed by atoms with Crippen LogP contribution >= 0.6 is 0 Å². The molecule has 0 spiro atoms. The van der Waals surface area contributed by atoms with Crippen LogP contribution in [0.25, 0.3) is 11.1 Å². The SMILES string of the molecule is [3H]Oc1ccccc1CCC[Si](C)(O[Si](C)(C)O[Si](C)(CCCc1ccccc1OC(=O)Oc1cc(C2(c3ccc(C)c(OC)c3)c3ccccc3-c3ccccc32)ccc1C)O[Si](C)(C)C)O[Si](C)(C)O[Si](C)(CCC)O[Si](C)(C)O[Si](C)(C)C. The molecule has 85 heavy (non-hydrogen) atoms. The summed E-state index contributed by atoms with van der Waals surface area (Å²) in [5.41, 5.74) is 9.49. The van der Waals surface area contributed by atoms with E-state index in [2.05, 4.69) is 185 Å². The summed E-state index contributed by atoms with van der Waals surface area (Å²) in [6.07, 6.45) is 2.84. The fourth-order valence-corrected chi connectivity index (χ4v) is 52.9. The average molecular weight is 1300 g/mol. The lowest BCUT2D eigenvalue weighted by Crippen LogP contribution is -2.63. The van der Waals surface area contributed by atoms with E-state index in [0.717, 1.165) is 80.3 Å². The highest BCUT2D eigenvalue weighted by Gasteiger charge is 2.52. The van der Waals surface area contributed by atoms with E-state index in [0.29, 0.717) is 48.6 Å². The second-order valence-electron chi connectivity index (χ2n) is 26.7. The first-order valence-corrected chi connectivity index (χ1v) is 53.0. The minimum absolute atomic E-state index is 0.410. The number of rotatable bonds is 30. The molecule has 460 valence electrons. The first-order valence-electron chi connectivity index (χ1n) is 30.6. The van der Waals surface area contributed by atoms with Gasteiger partial charge in [0.05, 0.1) is 12.5 Å². The molecule has 1 aliphatic rings. The fourth-order valence-electron chi connectivity index (χ4n) is 12.8. The molecule has 12 nitrogen and oxygen atoms in total. The lowest BCUT2D eigenvalue weighted by Gasteiger charge is -2.46. The Morgan fingerprint density at radius 2 is 0.882 bits per heavy atom. The molecule has 0 saturated heterocycles. The predicted octanol–water partition coefficient (Wildman–Crippen LogP) is 18.0. The van der Waals surface area contributed by atoms with Gasteiger partial charge in [-0.05, 0) is 236 Å². The second kappa shape index (κ2) is 27.2. The Morgan fingerprint density at radius 1 is 0.471 bits per heavy atom. The zero-order chi connectivity index (χ0) is 63.2. The number of carbonyl (C=O) groups is 1. The minimum Gasteiger partial charge on any atom is -0.508 e. The summed E-state index contributed by atoms with van der Waals surface area (Å²) in [5, 5.41) is 5.02. The van der Waals surface area contributed by atoms with Gasteiger partial charge in [0.15, 0.2) is 16.6 Å². The van der Waals surface area contributed by atoms with Crippen molar-refractivity contribution in [2.45, 2.75) is 175 Å². The molecule has 0 bridgehead atoms. The molecule has 1 N–H and O–H groups in total. The zero-order valence-corrected chi connectivity index (χ0v) is 62.3. The predicted molar refractivity (Wildman–Crippen MR) is 364 cm³/mol. The molecule has 6 aromatic carbocycles. The summed E-state index contributed by atoms with van der Waals surface area (Å²) >= 11 is 0. The quantitative estimate of drug-likeness (QED) is 0.0261. The minimum atomic E-state index is -3.13. The molecule has 0 fully saturated rings. The summed E-state index contributed by atoms with van der Waals surface area (Å²) in [7, 11) is -19.8. The Balaban J connectivity index is 1.10. The Morgan fingerprint density at radius 3 is 1.39 bits per heavy atom. The van der Waals surface area contributed by atoms with E-state index in [4.69, 9.17) is 49.6 Å². The van der Waals surface area contributed by atoms with Crippen molar-refractivity contribution in [1.82, 2.24) is 0 Å². The van der Waals surface area contributed by atoms with E-state index in [1.165, 1.54) is 0 Å². The molecule has 0 aromatic heterocycles. The van der Waals surface area contributed by atoms with Gasteiger partial charge < -0.3 is 48.1 Å². The molecule has 0 amide bonds. The van der Waals surface area contributed by atoms with Crippen LogP contribution < -0.4 is 14.2 Å². The summed E-state index contributed by atoms with van der Waals surface area (Å²) in [5.74, 6) is 2.19. The fraction of sp³-hybridized carbons (Fsp3) is 0.431. The number of aromatic hydroxyl groups is 1. The van der Waals surface area contributed by atoms with Crippen LogP contribution in [0, 0.1) is 13.8 Å². The highest BCUT2D eigenvalue weighted by atomic mass is 28.5. The largest absolute Gasteiger partial charge is 0.519 e. The van der Waals surface area contributed by atoms with Crippen LogP contribution in [0.1, 0.15) is 70.7 Å². The van der Waals surface area contributed by atoms with Crippen molar-refractivity contribution in [2.75, 3.05) is 7.11 Å². The van der Waals surface area contributed by atoms with E-state index in [-0.39, 0.29) is 0 Å². The van der Waals surface area contributed by atoms with Gasteiger partial charge in [-0.2, -0.15) is 0 Å². The van der Waals surface area contributed by atoms with Crippen LogP contribution in [0.3, 0.4) is 0 Å². The summed E-state index contributed by atoms with van der Waals surface area (Å²) in [6.45, 7) is 38.7. The first kappa shape index (κ1) is 66.6. The number of methoxy groups -OCH3 is 1. The highest BCUT2D eigenvalue weighted by molar-refractivity contribution is 6.93. The highest BCUT2D eigenvalue weighted by Crippen LogP contribution is 2.57. The number of ether oxygens (including phenoxy) is 3. The number of hydrogen-bond donors (Lipinski definition) is 1. The third kappa shape index (κ3) is 17.9. The molecule has 3 unspecified atom stereocenters. The molecule has 20 heteroatoms. The topological polar surface area (TPSA) is 130 Å². The maximum atomic E-state index is 14.2. The van der Waals surface area contributed by atoms with E-state index in [9.17, 15) is 4.79 Å². The van der Waals surface area contributed by atoms with Gasteiger partial charge in [0.25, 0.3) is 1.43 Å². The normalized spacial score (nSPS) is 15.8. The lowest BCUT2D eigenvalue weighted by molar-refractivity contribution is 0.151. The zero-order valence-electron chi connectivity index (χ0n) is 55.3. The van der Waals surface area contributed by atoms with Crippen molar-refractivity contribution in [3.63, 3.8) is 0 Å². The number of fused-ring (bicyclic) bond motifs is 3. The van der Waals surface area contributed by atoms with Crippen molar-refractivity contribution in [3.05, 3.63) is 178 Å². The Hall–Kier alpha value is -4.35. The number of para-hydroxylation sites is 2. The smallest absolute Gasteiger partial charge is 0.508 e. The number of phenols is 1. The van der Waals surface area contributed by atoms with E-state index in [1.54, 1.807) is 7.11 Å². The Kier molecular flexibility index (Phi) is 21.3. The van der Waals surface area contributed by atoms with Crippen molar-refractivity contribution in [1.29, 1.82) is 1.43 Å². The molecule has 3 atom stereocenters. The van der Waals surface area contributed by atoms with Gasteiger partial charge in [-0.25, -0.2) is 4.79 Å². The van der Waals surface area contributed by atoms with Crippen LogP contribution in [0.15, 0.2) is 133 Å².